The van der Waals surface area contributed by atoms with E-state index >= 15 is 0 Å². The Kier molecular flexibility index (Phi) is 4.24. The summed E-state index contributed by atoms with van der Waals surface area (Å²) in [4.78, 5) is 25.2. The molecule has 0 bridgehead atoms. The predicted molar refractivity (Wildman–Crippen MR) is 71.0 cm³/mol. The molecule has 0 aliphatic carbocycles. The normalized spacial score (nSPS) is 20.1. The van der Waals surface area contributed by atoms with Gasteiger partial charge < -0.3 is 14.6 Å². The summed E-state index contributed by atoms with van der Waals surface area (Å²) in [6, 6.07) is 3.64. The average Bonchev–Trinajstić information content (AvgIpc) is 2.69. The van der Waals surface area contributed by atoms with Gasteiger partial charge in [0.25, 0.3) is 5.91 Å². The Hall–Kier alpha value is -1.78. The summed E-state index contributed by atoms with van der Waals surface area (Å²) in [6.07, 6.45) is 6.00. The minimum atomic E-state index is -0.936. The van der Waals surface area contributed by atoms with E-state index in [1.54, 1.807) is 18.3 Å². The number of hydrogen-bond donors (Lipinski definition) is 1. The second-order valence-corrected chi connectivity index (χ2v) is 5.11. The molecule has 1 fully saturated rings. The van der Waals surface area contributed by atoms with Crippen LogP contribution in [0.15, 0.2) is 18.3 Å². The molecular weight excluding hydrogens is 244 g/mol. The van der Waals surface area contributed by atoms with Gasteiger partial charge in [-0.25, -0.2) is 0 Å². The third-order valence-electron chi connectivity index (χ3n) is 3.67. The van der Waals surface area contributed by atoms with Gasteiger partial charge in [0.1, 0.15) is 12.2 Å². The SMILES string of the molecule is CC1CCCCCN1C(=O)c1cccn1CC(=O)O. The van der Waals surface area contributed by atoms with Crippen molar-refractivity contribution in [1.82, 2.24) is 9.47 Å². The molecule has 0 saturated carbocycles. The lowest BCUT2D eigenvalue weighted by atomic mass is 10.1. The maximum atomic E-state index is 12.5. The van der Waals surface area contributed by atoms with Crippen molar-refractivity contribution >= 4 is 11.9 Å². The third-order valence-corrected chi connectivity index (χ3v) is 3.67. The van der Waals surface area contributed by atoms with Crippen LogP contribution in [0.5, 0.6) is 0 Å². The van der Waals surface area contributed by atoms with Gasteiger partial charge in [0, 0.05) is 18.8 Å². The fourth-order valence-corrected chi connectivity index (χ4v) is 2.62. The van der Waals surface area contributed by atoms with Gasteiger partial charge in [-0.3, -0.25) is 9.59 Å². The summed E-state index contributed by atoms with van der Waals surface area (Å²) in [6.45, 7) is 2.66. The van der Waals surface area contributed by atoms with Crippen LogP contribution in [-0.2, 0) is 11.3 Å². The molecule has 1 aromatic rings. The van der Waals surface area contributed by atoms with E-state index in [0.29, 0.717) is 5.69 Å². The number of likely N-dealkylation sites (tertiary alicyclic amines) is 1. The number of rotatable bonds is 3. The van der Waals surface area contributed by atoms with Crippen molar-refractivity contribution in [1.29, 1.82) is 0 Å². The standard InChI is InChI=1S/C14H20N2O3/c1-11-6-3-2-4-9-16(11)14(19)12-7-5-8-15(12)10-13(17)18/h5,7-8,11H,2-4,6,9-10H2,1H3,(H,17,18). The van der Waals surface area contributed by atoms with Crippen LogP contribution in [-0.4, -0.2) is 39.0 Å². The fraction of sp³-hybridized carbons (Fsp3) is 0.571. The van der Waals surface area contributed by atoms with Crippen LogP contribution in [0.3, 0.4) is 0 Å². The van der Waals surface area contributed by atoms with Crippen LogP contribution in [0.1, 0.15) is 43.1 Å². The predicted octanol–water partition coefficient (Wildman–Crippen LogP) is 1.98. The molecule has 19 heavy (non-hydrogen) atoms. The smallest absolute Gasteiger partial charge is 0.323 e. The minimum absolute atomic E-state index is 0.0550. The summed E-state index contributed by atoms with van der Waals surface area (Å²) in [7, 11) is 0. The Labute approximate surface area is 112 Å². The molecule has 5 heteroatoms. The van der Waals surface area contributed by atoms with Crippen molar-refractivity contribution in [3.63, 3.8) is 0 Å². The molecule has 1 saturated heterocycles. The Morgan fingerprint density at radius 1 is 1.37 bits per heavy atom. The average molecular weight is 264 g/mol. The number of carbonyl (C=O) groups excluding carboxylic acids is 1. The first-order chi connectivity index (χ1) is 9.09. The molecule has 1 aromatic heterocycles. The summed E-state index contributed by atoms with van der Waals surface area (Å²) in [5, 5.41) is 8.85. The van der Waals surface area contributed by atoms with E-state index in [4.69, 9.17) is 5.11 Å². The topological polar surface area (TPSA) is 62.5 Å². The maximum absolute atomic E-state index is 12.5. The highest BCUT2D eigenvalue weighted by molar-refractivity contribution is 5.93. The number of amides is 1. The zero-order valence-electron chi connectivity index (χ0n) is 11.2. The van der Waals surface area contributed by atoms with Crippen LogP contribution in [0.2, 0.25) is 0 Å². The molecule has 2 rings (SSSR count). The van der Waals surface area contributed by atoms with Gasteiger partial charge in [-0.05, 0) is 31.9 Å². The molecule has 1 amide bonds. The number of aromatic nitrogens is 1. The van der Waals surface area contributed by atoms with Crippen molar-refractivity contribution < 1.29 is 14.7 Å². The van der Waals surface area contributed by atoms with Crippen LogP contribution >= 0.6 is 0 Å². The van der Waals surface area contributed by atoms with E-state index in [1.165, 1.54) is 4.57 Å². The number of carboxylic acids is 1. The van der Waals surface area contributed by atoms with E-state index < -0.39 is 5.97 Å². The number of carbonyl (C=O) groups is 2. The Morgan fingerprint density at radius 2 is 2.16 bits per heavy atom. The highest BCUT2D eigenvalue weighted by atomic mass is 16.4. The molecule has 0 spiro atoms. The van der Waals surface area contributed by atoms with Crippen LogP contribution in [0.25, 0.3) is 0 Å². The van der Waals surface area contributed by atoms with E-state index in [0.717, 1.165) is 32.2 Å². The van der Waals surface area contributed by atoms with Crippen LogP contribution in [0.4, 0.5) is 0 Å². The highest BCUT2D eigenvalue weighted by Gasteiger charge is 2.25. The molecular formula is C14H20N2O3. The number of nitrogens with zero attached hydrogens (tertiary/aromatic N) is 2. The molecule has 1 aliphatic heterocycles. The Bertz CT molecular complexity index is 467. The molecule has 1 unspecified atom stereocenters. The quantitative estimate of drug-likeness (QED) is 0.908. The number of hydrogen-bond acceptors (Lipinski definition) is 2. The summed E-state index contributed by atoms with van der Waals surface area (Å²) in [5.41, 5.74) is 0.469. The van der Waals surface area contributed by atoms with Gasteiger partial charge in [0.15, 0.2) is 0 Å². The molecule has 0 radical (unpaired) electrons. The van der Waals surface area contributed by atoms with Crippen LogP contribution < -0.4 is 0 Å². The first-order valence-corrected chi connectivity index (χ1v) is 6.77. The zero-order chi connectivity index (χ0) is 13.8. The second-order valence-electron chi connectivity index (χ2n) is 5.11. The zero-order valence-corrected chi connectivity index (χ0v) is 11.2. The van der Waals surface area contributed by atoms with Gasteiger partial charge in [0.05, 0.1) is 0 Å². The van der Waals surface area contributed by atoms with Gasteiger partial charge in [-0.15, -0.1) is 0 Å². The highest BCUT2D eigenvalue weighted by Crippen LogP contribution is 2.19. The van der Waals surface area contributed by atoms with E-state index in [-0.39, 0.29) is 18.5 Å². The van der Waals surface area contributed by atoms with Crippen molar-refractivity contribution in [3.05, 3.63) is 24.0 Å². The van der Waals surface area contributed by atoms with Crippen molar-refractivity contribution in [2.45, 2.75) is 45.2 Å². The van der Waals surface area contributed by atoms with E-state index in [1.807, 2.05) is 4.90 Å². The number of carboxylic acid groups (broad SMARTS) is 1. The lowest BCUT2D eigenvalue weighted by Crippen LogP contribution is -2.39. The van der Waals surface area contributed by atoms with Gasteiger partial charge in [-0.1, -0.05) is 12.8 Å². The molecule has 104 valence electrons. The molecule has 0 aromatic carbocycles. The van der Waals surface area contributed by atoms with Crippen LogP contribution in [0, 0.1) is 0 Å². The Balaban J connectivity index is 2.18. The summed E-state index contributed by atoms with van der Waals surface area (Å²) in [5.74, 6) is -0.991. The van der Waals surface area contributed by atoms with Gasteiger partial charge in [-0.2, -0.15) is 0 Å². The van der Waals surface area contributed by atoms with Crippen molar-refractivity contribution in [2.24, 2.45) is 0 Å². The van der Waals surface area contributed by atoms with Gasteiger partial charge >= 0.3 is 5.97 Å². The first-order valence-electron chi connectivity index (χ1n) is 6.77. The third kappa shape index (κ3) is 3.16. The summed E-state index contributed by atoms with van der Waals surface area (Å²) >= 11 is 0. The lowest BCUT2D eigenvalue weighted by Gasteiger charge is -2.27. The molecule has 1 N–H and O–H groups in total. The second kappa shape index (κ2) is 5.91. The summed E-state index contributed by atoms with van der Waals surface area (Å²) < 4.78 is 1.50. The molecule has 2 heterocycles. The Morgan fingerprint density at radius 3 is 2.89 bits per heavy atom. The molecule has 5 nitrogen and oxygen atoms in total. The number of aliphatic carboxylic acids is 1. The molecule has 1 aliphatic rings. The molecule has 1 atom stereocenters. The largest absolute Gasteiger partial charge is 0.480 e. The maximum Gasteiger partial charge on any atom is 0.323 e. The van der Waals surface area contributed by atoms with E-state index in [9.17, 15) is 9.59 Å². The monoisotopic (exact) mass is 264 g/mol. The van der Waals surface area contributed by atoms with Crippen molar-refractivity contribution in [3.8, 4) is 0 Å². The lowest BCUT2D eigenvalue weighted by molar-refractivity contribution is -0.137. The van der Waals surface area contributed by atoms with Crippen molar-refractivity contribution in [2.75, 3.05) is 6.54 Å². The fourth-order valence-electron chi connectivity index (χ4n) is 2.62. The minimum Gasteiger partial charge on any atom is -0.480 e. The van der Waals surface area contributed by atoms with Gasteiger partial charge in [0.2, 0.25) is 0 Å². The van der Waals surface area contributed by atoms with E-state index in [2.05, 4.69) is 6.92 Å². The first kappa shape index (κ1) is 13.6.